The van der Waals surface area contributed by atoms with Crippen LogP contribution in [0, 0.1) is 0 Å². The summed E-state index contributed by atoms with van der Waals surface area (Å²) in [6.07, 6.45) is -3.45. The summed E-state index contributed by atoms with van der Waals surface area (Å²) < 4.78 is 46.3. The number of hydrogen-bond donors (Lipinski definition) is 0. The van der Waals surface area contributed by atoms with Crippen molar-refractivity contribution in [2.75, 3.05) is 4.90 Å². The standard InChI is InChI=1S/C24H18F3N3O5/c1-15-21(31)30(18-7-9-19(10-8-18)35-24(25,26)27)23(33)29(15)14-16-11-12-28-20(13-16)34-22(32)17-5-3-2-4-6-17/h2-13,15H,14H2,1H3. The number of pyridine rings is 1. The fourth-order valence-electron chi connectivity index (χ4n) is 3.48. The van der Waals surface area contributed by atoms with Gasteiger partial charge in [0.15, 0.2) is 0 Å². The monoisotopic (exact) mass is 485 g/mol. The number of anilines is 1. The van der Waals surface area contributed by atoms with Crippen molar-refractivity contribution in [3.8, 4) is 11.6 Å². The van der Waals surface area contributed by atoms with E-state index < -0.39 is 36.1 Å². The molecule has 3 amide bonds. The third kappa shape index (κ3) is 5.40. The van der Waals surface area contributed by atoms with E-state index in [0.717, 1.165) is 17.0 Å². The molecular formula is C24H18F3N3O5. The van der Waals surface area contributed by atoms with E-state index in [2.05, 4.69) is 9.72 Å². The summed E-state index contributed by atoms with van der Waals surface area (Å²) in [5.41, 5.74) is 1.01. The Bertz CT molecular complexity index is 1250. The van der Waals surface area contributed by atoms with Gasteiger partial charge in [-0.2, -0.15) is 0 Å². The zero-order chi connectivity index (χ0) is 25.2. The summed E-state index contributed by atoms with van der Waals surface area (Å²) in [6, 6.07) is 14.4. The minimum Gasteiger partial charge on any atom is -0.406 e. The van der Waals surface area contributed by atoms with Crippen LogP contribution in [-0.4, -0.2) is 40.2 Å². The molecule has 0 bridgehead atoms. The van der Waals surface area contributed by atoms with E-state index in [0.29, 0.717) is 11.1 Å². The Morgan fingerprint density at radius 3 is 2.37 bits per heavy atom. The van der Waals surface area contributed by atoms with Gasteiger partial charge in [0.1, 0.15) is 11.8 Å². The largest absolute Gasteiger partial charge is 0.573 e. The molecule has 0 radical (unpaired) electrons. The van der Waals surface area contributed by atoms with Crippen LogP contribution in [0.1, 0.15) is 22.8 Å². The molecule has 8 nitrogen and oxygen atoms in total. The molecule has 1 unspecified atom stereocenters. The predicted octanol–water partition coefficient (Wildman–Crippen LogP) is 4.56. The Kier molecular flexibility index (Phi) is 6.41. The zero-order valence-electron chi connectivity index (χ0n) is 18.2. The molecule has 180 valence electrons. The second kappa shape index (κ2) is 9.45. The molecular weight excluding hydrogens is 467 g/mol. The van der Waals surface area contributed by atoms with Crippen LogP contribution < -0.4 is 14.4 Å². The minimum atomic E-state index is -4.86. The Labute approximate surface area is 197 Å². The van der Waals surface area contributed by atoms with E-state index in [1.807, 2.05) is 0 Å². The number of alkyl halides is 3. The number of amides is 3. The summed E-state index contributed by atoms with van der Waals surface area (Å²) in [5.74, 6) is -1.58. The van der Waals surface area contributed by atoms with Crippen LogP contribution in [0.3, 0.4) is 0 Å². The highest BCUT2D eigenvalue weighted by atomic mass is 19.4. The van der Waals surface area contributed by atoms with Crippen molar-refractivity contribution in [3.05, 3.63) is 84.1 Å². The van der Waals surface area contributed by atoms with E-state index in [-0.39, 0.29) is 18.1 Å². The van der Waals surface area contributed by atoms with Crippen LogP contribution in [0.15, 0.2) is 72.9 Å². The van der Waals surface area contributed by atoms with Gasteiger partial charge >= 0.3 is 18.4 Å². The number of rotatable bonds is 6. The summed E-state index contributed by atoms with van der Waals surface area (Å²) in [6.45, 7) is 1.55. The molecule has 1 aliphatic rings. The quantitative estimate of drug-likeness (QED) is 0.376. The number of aromatic nitrogens is 1. The first-order chi connectivity index (χ1) is 16.6. The van der Waals surface area contributed by atoms with Crippen molar-refractivity contribution in [2.24, 2.45) is 0 Å². The number of esters is 1. The van der Waals surface area contributed by atoms with Crippen molar-refractivity contribution < 1.29 is 37.0 Å². The molecule has 35 heavy (non-hydrogen) atoms. The van der Waals surface area contributed by atoms with E-state index in [4.69, 9.17) is 4.74 Å². The maximum absolute atomic E-state index is 13.0. The average Bonchev–Trinajstić information content (AvgIpc) is 3.02. The molecule has 1 aromatic heterocycles. The maximum atomic E-state index is 13.0. The fraction of sp³-hybridized carbons (Fsp3) is 0.167. The van der Waals surface area contributed by atoms with Crippen LogP contribution >= 0.6 is 0 Å². The average molecular weight is 485 g/mol. The maximum Gasteiger partial charge on any atom is 0.573 e. The first kappa shape index (κ1) is 23.7. The number of urea groups is 1. The molecule has 0 spiro atoms. The van der Waals surface area contributed by atoms with Gasteiger partial charge in [-0.15, -0.1) is 13.2 Å². The number of halogens is 3. The second-order valence-electron chi connectivity index (χ2n) is 7.56. The molecule has 1 fully saturated rings. The number of carbonyl (C=O) groups is 3. The Balaban J connectivity index is 1.47. The van der Waals surface area contributed by atoms with Gasteiger partial charge < -0.3 is 14.4 Å². The smallest absolute Gasteiger partial charge is 0.406 e. The summed E-state index contributed by atoms with van der Waals surface area (Å²) in [5, 5.41) is 0. The number of carbonyl (C=O) groups excluding carboxylic acids is 3. The van der Waals surface area contributed by atoms with Crippen molar-refractivity contribution in [3.63, 3.8) is 0 Å². The number of ether oxygens (including phenoxy) is 2. The summed E-state index contributed by atoms with van der Waals surface area (Å²) in [4.78, 5) is 44.2. The zero-order valence-corrected chi connectivity index (χ0v) is 18.2. The lowest BCUT2D eigenvalue weighted by molar-refractivity contribution is -0.274. The molecule has 4 rings (SSSR count). The Morgan fingerprint density at radius 1 is 1.03 bits per heavy atom. The van der Waals surface area contributed by atoms with Crippen LogP contribution in [0.5, 0.6) is 11.6 Å². The molecule has 1 saturated heterocycles. The molecule has 3 aromatic rings. The Hall–Kier alpha value is -4.41. The Morgan fingerprint density at radius 2 is 1.71 bits per heavy atom. The molecule has 0 N–H and O–H groups in total. The van der Waals surface area contributed by atoms with Gasteiger partial charge in [-0.05, 0) is 55.0 Å². The van der Waals surface area contributed by atoms with Gasteiger partial charge in [0, 0.05) is 18.8 Å². The van der Waals surface area contributed by atoms with Gasteiger partial charge in [0.25, 0.3) is 5.91 Å². The highest BCUT2D eigenvalue weighted by molar-refractivity contribution is 6.21. The lowest BCUT2D eigenvalue weighted by Gasteiger charge is -2.19. The van der Waals surface area contributed by atoms with Gasteiger partial charge in [-0.1, -0.05) is 18.2 Å². The molecule has 0 aliphatic carbocycles. The van der Waals surface area contributed by atoms with Crippen LogP contribution in [0.4, 0.5) is 23.7 Å². The highest BCUT2D eigenvalue weighted by Crippen LogP contribution is 2.30. The first-order valence-corrected chi connectivity index (χ1v) is 10.3. The second-order valence-corrected chi connectivity index (χ2v) is 7.56. The summed E-state index contributed by atoms with van der Waals surface area (Å²) in [7, 11) is 0. The molecule has 0 saturated carbocycles. The van der Waals surface area contributed by atoms with E-state index >= 15 is 0 Å². The van der Waals surface area contributed by atoms with E-state index in [1.165, 1.54) is 29.3 Å². The predicted molar refractivity (Wildman–Crippen MR) is 117 cm³/mol. The topological polar surface area (TPSA) is 89.0 Å². The fourth-order valence-corrected chi connectivity index (χ4v) is 3.48. The summed E-state index contributed by atoms with van der Waals surface area (Å²) >= 11 is 0. The van der Waals surface area contributed by atoms with Crippen LogP contribution in [-0.2, 0) is 11.3 Å². The molecule has 11 heteroatoms. The molecule has 1 aliphatic heterocycles. The van der Waals surface area contributed by atoms with Gasteiger partial charge in [0.2, 0.25) is 5.88 Å². The minimum absolute atomic E-state index is 0.00984. The molecule has 1 atom stereocenters. The van der Waals surface area contributed by atoms with E-state index in [1.54, 1.807) is 43.3 Å². The van der Waals surface area contributed by atoms with Crippen LogP contribution in [0.25, 0.3) is 0 Å². The van der Waals surface area contributed by atoms with Crippen molar-refractivity contribution in [1.82, 2.24) is 9.88 Å². The molecule has 2 aromatic carbocycles. The lowest BCUT2D eigenvalue weighted by Crippen LogP contribution is -2.33. The van der Waals surface area contributed by atoms with E-state index in [9.17, 15) is 27.6 Å². The van der Waals surface area contributed by atoms with Crippen molar-refractivity contribution >= 4 is 23.6 Å². The first-order valence-electron chi connectivity index (χ1n) is 10.3. The normalized spacial score (nSPS) is 15.9. The van der Waals surface area contributed by atoms with Crippen molar-refractivity contribution in [2.45, 2.75) is 25.9 Å². The molecule has 2 heterocycles. The van der Waals surface area contributed by atoms with Gasteiger partial charge in [-0.3, -0.25) is 4.79 Å². The van der Waals surface area contributed by atoms with Gasteiger partial charge in [0.05, 0.1) is 11.3 Å². The number of nitrogens with zero attached hydrogens (tertiary/aromatic N) is 3. The number of benzene rings is 2. The van der Waals surface area contributed by atoms with Gasteiger partial charge in [-0.25, -0.2) is 19.5 Å². The number of imide groups is 1. The number of hydrogen-bond acceptors (Lipinski definition) is 6. The van der Waals surface area contributed by atoms with Crippen molar-refractivity contribution in [1.29, 1.82) is 0 Å². The SMILES string of the molecule is CC1C(=O)N(c2ccc(OC(F)(F)F)cc2)C(=O)N1Cc1ccnc(OC(=O)c2ccccc2)c1. The van der Waals surface area contributed by atoms with Crippen LogP contribution in [0.2, 0.25) is 0 Å². The highest BCUT2D eigenvalue weighted by Gasteiger charge is 2.43. The third-order valence-corrected chi connectivity index (χ3v) is 5.17. The lowest BCUT2D eigenvalue weighted by atomic mass is 10.2. The third-order valence-electron chi connectivity index (χ3n) is 5.17.